The highest BCUT2D eigenvalue weighted by molar-refractivity contribution is 7.99. The summed E-state index contributed by atoms with van der Waals surface area (Å²) in [5, 5.41) is 2.81. The molecule has 1 N–H and O–H groups in total. The molecular weight excluding hydrogens is 324 g/mol. The smallest absolute Gasteiger partial charge is 0.338 e. The van der Waals surface area contributed by atoms with Crippen LogP contribution in [0.25, 0.3) is 0 Å². The molecule has 126 valence electrons. The molecule has 0 bridgehead atoms. The fourth-order valence-electron chi connectivity index (χ4n) is 1.99. The molecule has 0 aliphatic carbocycles. The normalized spacial score (nSPS) is 10.2. The third kappa shape index (κ3) is 6.04. The number of benzene rings is 1. The van der Waals surface area contributed by atoms with Crippen molar-refractivity contribution in [3.05, 3.63) is 59.9 Å². The molecule has 0 spiro atoms. The van der Waals surface area contributed by atoms with Gasteiger partial charge in [0.1, 0.15) is 0 Å². The lowest BCUT2D eigenvalue weighted by Gasteiger charge is -2.06. The number of anilines is 1. The first-order valence-corrected chi connectivity index (χ1v) is 8.89. The Kier molecular flexibility index (Phi) is 7.29. The van der Waals surface area contributed by atoms with Crippen molar-refractivity contribution in [3.63, 3.8) is 0 Å². The fraction of sp³-hybridized carbons (Fsp3) is 0.278. The summed E-state index contributed by atoms with van der Waals surface area (Å²) in [6.07, 6.45) is 2.61. The highest BCUT2D eigenvalue weighted by atomic mass is 32.2. The van der Waals surface area contributed by atoms with Crippen LogP contribution in [0, 0.1) is 0 Å². The molecule has 0 saturated heterocycles. The van der Waals surface area contributed by atoms with Gasteiger partial charge in [0.15, 0.2) is 0 Å². The van der Waals surface area contributed by atoms with Crippen molar-refractivity contribution in [2.75, 3.05) is 23.4 Å². The van der Waals surface area contributed by atoms with E-state index in [9.17, 15) is 9.59 Å². The number of nitrogens with one attached hydrogen (secondary N) is 1. The van der Waals surface area contributed by atoms with Crippen molar-refractivity contribution in [1.82, 2.24) is 4.98 Å². The number of thioether (sulfide) groups is 1. The third-order valence-electron chi connectivity index (χ3n) is 3.14. The summed E-state index contributed by atoms with van der Waals surface area (Å²) in [6, 6.07) is 12.5. The van der Waals surface area contributed by atoms with Gasteiger partial charge in [-0.25, -0.2) is 4.79 Å². The molecule has 2 rings (SSSR count). The Morgan fingerprint density at radius 2 is 1.96 bits per heavy atom. The molecule has 6 heteroatoms. The molecule has 1 aromatic heterocycles. The number of amides is 1. The van der Waals surface area contributed by atoms with E-state index in [4.69, 9.17) is 4.74 Å². The van der Waals surface area contributed by atoms with Crippen LogP contribution in [0.15, 0.2) is 48.7 Å². The summed E-state index contributed by atoms with van der Waals surface area (Å²) in [5.74, 6) is 0.795. The van der Waals surface area contributed by atoms with E-state index < -0.39 is 0 Å². The zero-order chi connectivity index (χ0) is 17.2. The first-order valence-electron chi connectivity index (χ1n) is 7.73. The highest BCUT2D eigenvalue weighted by Gasteiger charge is 2.07. The van der Waals surface area contributed by atoms with Gasteiger partial charge in [-0.05, 0) is 55.5 Å². The molecule has 0 aliphatic heterocycles. The van der Waals surface area contributed by atoms with Crippen LogP contribution in [0.5, 0.6) is 0 Å². The lowest BCUT2D eigenvalue weighted by Crippen LogP contribution is -2.14. The predicted molar refractivity (Wildman–Crippen MR) is 96.3 cm³/mol. The molecule has 0 unspecified atom stereocenters. The molecule has 0 aliphatic rings. The van der Waals surface area contributed by atoms with Crippen LogP contribution >= 0.6 is 11.8 Å². The van der Waals surface area contributed by atoms with Gasteiger partial charge < -0.3 is 10.1 Å². The maximum atomic E-state index is 11.9. The summed E-state index contributed by atoms with van der Waals surface area (Å²) in [4.78, 5) is 27.7. The van der Waals surface area contributed by atoms with E-state index >= 15 is 0 Å². The second kappa shape index (κ2) is 9.72. The first kappa shape index (κ1) is 18.0. The van der Waals surface area contributed by atoms with Crippen LogP contribution < -0.4 is 5.32 Å². The summed E-state index contributed by atoms with van der Waals surface area (Å²) in [7, 11) is 0. The molecule has 5 nitrogen and oxygen atoms in total. The number of hydrogen-bond donors (Lipinski definition) is 1. The second-order valence-electron chi connectivity index (χ2n) is 4.97. The largest absolute Gasteiger partial charge is 0.462 e. The van der Waals surface area contributed by atoms with E-state index in [0.29, 0.717) is 23.6 Å². The second-order valence-corrected chi connectivity index (χ2v) is 6.07. The van der Waals surface area contributed by atoms with Crippen LogP contribution in [-0.2, 0) is 16.0 Å². The maximum absolute atomic E-state index is 11.9. The molecule has 0 saturated carbocycles. The molecule has 2 aromatic rings. The standard InChI is InChI=1S/C18H20N2O3S/c1-2-23-18(22)14-6-8-16(9-7-14)20-17(21)13-24-12-10-15-5-3-4-11-19-15/h3-9,11H,2,10,12-13H2,1H3,(H,20,21). The number of aromatic nitrogens is 1. The molecule has 1 heterocycles. The number of nitrogens with zero attached hydrogens (tertiary/aromatic N) is 1. The van der Waals surface area contributed by atoms with Crippen molar-refractivity contribution in [2.24, 2.45) is 0 Å². The lowest BCUT2D eigenvalue weighted by atomic mass is 10.2. The zero-order valence-corrected chi connectivity index (χ0v) is 14.3. The van der Waals surface area contributed by atoms with Crippen LogP contribution in [-0.4, -0.2) is 35.0 Å². The topological polar surface area (TPSA) is 68.3 Å². The summed E-state index contributed by atoms with van der Waals surface area (Å²) >= 11 is 1.56. The molecular formula is C18H20N2O3S. The van der Waals surface area contributed by atoms with Crippen LogP contribution in [0.3, 0.4) is 0 Å². The Balaban J connectivity index is 1.71. The van der Waals surface area contributed by atoms with Gasteiger partial charge in [0.05, 0.1) is 17.9 Å². The minimum Gasteiger partial charge on any atom is -0.462 e. The average Bonchev–Trinajstić information content (AvgIpc) is 2.60. The van der Waals surface area contributed by atoms with Crippen LogP contribution in [0.4, 0.5) is 5.69 Å². The van der Waals surface area contributed by atoms with Crippen molar-refractivity contribution in [1.29, 1.82) is 0 Å². The van der Waals surface area contributed by atoms with Gasteiger partial charge in [0, 0.05) is 17.6 Å². The van der Waals surface area contributed by atoms with Crippen molar-refractivity contribution in [3.8, 4) is 0 Å². The van der Waals surface area contributed by atoms with E-state index in [2.05, 4.69) is 10.3 Å². The average molecular weight is 344 g/mol. The number of aryl methyl sites for hydroxylation is 1. The monoisotopic (exact) mass is 344 g/mol. The number of pyridine rings is 1. The van der Waals surface area contributed by atoms with E-state index in [-0.39, 0.29) is 11.9 Å². The quantitative estimate of drug-likeness (QED) is 0.588. The minimum atomic E-state index is -0.361. The van der Waals surface area contributed by atoms with Gasteiger partial charge in [0.2, 0.25) is 5.91 Å². The number of ether oxygens (including phenoxy) is 1. The van der Waals surface area contributed by atoms with Gasteiger partial charge >= 0.3 is 5.97 Å². The van der Waals surface area contributed by atoms with Gasteiger partial charge in [0.25, 0.3) is 0 Å². The van der Waals surface area contributed by atoms with Crippen molar-refractivity contribution < 1.29 is 14.3 Å². The van der Waals surface area contributed by atoms with Gasteiger partial charge in [-0.3, -0.25) is 9.78 Å². The Morgan fingerprint density at radius 1 is 1.17 bits per heavy atom. The van der Waals surface area contributed by atoms with Gasteiger partial charge in [-0.2, -0.15) is 11.8 Å². The summed E-state index contributed by atoms with van der Waals surface area (Å²) in [5.41, 5.74) is 2.16. The van der Waals surface area contributed by atoms with Crippen molar-refractivity contribution in [2.45, 2.75) is 13.3 Å². The molecule has 0 fully saturated rings. The minimum absolute atomic E-state index is 0.0649. The van der Waals surface area contributed by atoms with E-state index in [1.165, 1.54) is 0 Å². The Labute approximate surface area is 145 Å². The van der Waals surface area contributed by atoms with Crippen molar-refractivity contribution >= 4 is 29.3 Å². The fourth-order valence-corrected chi connectivity index (χ4v) is 2.74. The highest BCUT2D eigenvalue weighted by Crippen LogP contribution is 2.12. The van der Waals surface area contributed by atoms with E-state index in [1.807, 2.05) is 18.2 Å². The van der Waals surface area contributed by atoms with Crippen LogP contribution in [0.1, 0.15) is 23.0 Å². The number of esters is 1. The predicted octanol–water partition coefficient (Wildman–Crippen LogP) is 3.17. The molecule has 1 aromatic carbocycles. The Hall–Kier alpha value is -2.34. The first-order chi connectivity index (χ1) is 11.7. The lowest BCUT2D eigenvalue weighted by molar-refractivity contribution is -0.113. The molecule has 24 heavy (non-hydrogen) atoms. The summed E-state index contributed by atoms with van der Waals surface area (Å²) in [6.45, 7) is 2.10. The summed E-state index contributed by atoms with van der Waals surface area (Å²) < 4.78 is 4.92. The number of rotatable bonds is 8. The van der Waals surface area contributed by atoms with E-state index in [1.54, 1.807) is 49.1 Å². The maximum Gasteiger partial charge on any atom is 0.338 e. The SMILES string of the molecule is CCOC(=O)c1ccc(NC(=O)CSCCc2ccccn2)cc1. The molecule has 0 radical (unpaired) electrons. The third-order valence-corrected chi connectivity index (χ3v) is 4.10. The van der Waals surface area contributed by atoms with Gasteiger partial charge in [-0.1, -0.05) is 6.07 Å². The van der Waals surface area contributed by atoms with E-state index in [0.717, 1.165) is 17.9 Å². The number of carbonyl (C=O) groups is 2. The molecule has 0 atom stereocenters. The van der Waals surface area contributed by atoms with Crippen LogP contribution in [0.2, 0.25) is 0 Å². The molecule has 1 amide bonds. The number of hydrogen-bond acceptors (Lipinski definition) is 5. The number of carbonyl (C=O) groups excluding carboxylic acids is 2. The van der Waals surface area contributed by atoms with Gasteiger partial charge in [-0.15, -0.1) is 0 Å². The Bertz CT molecular complexity index is 660. The Morgan fingerprint density at radius 3 is 2.62 bits per heavy atom. The zero-order valence-electron chi connectivity index (χ0n) is 13.5.